The van der Waals surface area contributed by atoms with Gasteiger partial charge in [-0.1, -0.05) is 32.1 Å². The summed E-state index contributed by atoms with van der Waals surface area (Å²) in [6.45, 7) is 5.70. The van der Waals surface area contributed by atoms with Gasteiger partial charge in [-0.05, 0) is 31.0 Å². The third kappa shape index (κ3) is 4.36. The Morgan fingerprint density at radius 1 is 1.45 bits per heavy atom. The van der Waals surface area contributed by atoms with Crippen molar-refractivity contribution in [1.29, 1.82) is 0 Å². The number of hydrogen-bond donors (Lipinski definition) is 2. The molecule has 3 nitrogen and oxygen atoms in total. The lowest BCUT2D eigenvalue weighted by molar-refractivity contribution is 0.0924. The number of benzene rings is 1. The number of aliphatic hydroxyl groups is 1. The van der Waals surface area contributed by atoms with Gasteiger partial charge in [0.15, 0.2) is 0 Å². The SMILES string of the molecule is CCC(C)C(C)NC(=O)c1cc(C#CCO)ccc1F. The average Bonchev–Trinajstić information content (AvgIpc) is 2.45. The maximum atomic E-state index is 13.7. The van der Waals surface area contributed by atoms with Gasteiger partial charge in [-0.25, -0.2) is 4.39 Å². The first kappa shape index (κ1) is 16.2. The molecule has 1 rings (SSSR count). The highest BCUT2D eigenvalue weighted by atomic mass is 19.1. The van der Waals surface area contributed by atoms with E-state index < -0.39 is 11.7 Å². The molecule has 1 aromatic carbocycles. The van der Waals surface area contributed by atoms with Crippen LogP contribution in [-0.2, 0) is 0 Å². The fourth-order valence-corrected chi connectivity index (χ4v) is 1.70. The molecule has 0 aliphatic carbocycles. The number of carbonyl (C=O) groups excluding carboxylic acids is 1. The van der Waals surface area contributed by atoms with E-state index in [0.717, 1.165) is 6.42 Å². The zero-order chi connectivity index (χ0) is 15.1. The number of rotatable bonds is 4. The van der Waals surface area contributed by atoms with Crippen LogP contribution in [-0.4, -0.2) is 23.7 Å². The number of nitrogens with one attached hydrogen (secondary N) is 1. The third-order valence-corrected chi connectivity index (χ3v) is 3.38. The summed E-state index contributed by atoms with van der Waals surface area (Å²) in [5.41, 5.74) is 0.478. The number of hydrogen-bond acceptors (Lipinski definition) is 2. The lowest BCUT2D eigenvalue weighted by atomic mass is 10.0. The highest BCUT2D eigenvalue weighted by Gasteiger charge is 2.17. The van der Waals surface area contributed by atoms with Gasteiger partial charge < -0.3 is 10.4 Å². The summed E-state index contributed by atoms with van der Waals surface area (Å²) < 4.78 is 13.7. The molecule has 0 aliphatic rings. The summed E-state index contributed by atoms with van der Waals surface area (Å²) in [4.78, 5) is 12.1. The van der Waals surface area contributed by atoms with Gasteiger partial charge >= 0.3 is 0 Å². The van der Waals surface area contributed by atoms with Crippen LogP contribution < -0.4 is 5.32 Å². The van der Waals surface area contributed by atoms with Crippen molar-refractivity contribution in [1.82, 2.24) is 5.32 Å². The summed E-state index contributed by atoms with van der Waals surface area (Å²) >= 11 is 0. The van der Waals surface area contributed by atoms with E-state index in [9.17, 15) is 9.18 Å². The van der Waals surface area contributed by atoms with E-state index in [-0.39, 0.29) is 18.2 Å². The van der Waals surface area contributed by atoms with Gasteiger partial charge in [-0.3, -0.25) is 4.79 Å². The largest absolute Gasteiger partial charge is 0.384 e. The van der Waals surface area contributed by atoms with Crippen molar-refractivity contribution in [2.75, 3.05) is 6.61 Å². The summed E-state index contributed by atoms with van der Waals surface area (Å²) in [7, 11) is 0. The summed E-state index contributed by atoms with van der Waals surface area (Å²) in [6, 6.07) is 4.06. The Morgan fingerprint density at radius 2 is 2.15 bits per heavy atom. The van der Waals surface area contributed by atoms with Crippen LogP contribution in [0.15, 0.2) is 18.2 Å². The van der Waals surface area contributed by atoms with Gasteiger partial charge in [-0.15, -0.1) is 0 Å². The summed E-state index contributed by atoms with van der Waals surface area (Å²) in [5, 5.41) is 11.4. The van der Waals surface area contributed by atoms with Crippen molar-refractivity contribution in [3.05, 3.63) is 35.1 Å². The molecule has 2 atom stereocenters. The lowest BCUT2D eigenvalue weighted by Crippen LogP contribution is -2.37. The molecule has 1 aromatic rings. The van der Waals surface area contributed by atoms with E-state index in [1.165, 1.54) is 18.2 Å². The van der Waals surface area contributed by atoms with Crippen LogP contribution in [0.4, 0.5) is 4.39 Å². The molecule has 0 saturated heterocycles. The van der Waals surface area contributed by atoms with Crippen LogP contribution in [0.5, 0.6) is 0 Å². The van der Waals surface area contributed by atoms with Crippen LogP contribution in [0.1, 0.15) is 43.1 Å². The topological polar surface area (TPSA) is 49.3 Å². The Kier molecular flexibility index (Phi) is 6.20. The number of carbonyl (C=O) groups is 1. The van der Waals surface area contributed by atoms with Gasteiger partial charge in [0, 0.05) is 11.6 Å². The van der Waals surface area contributed by atoms with Gasteiger partial charge in [0.25, 0.3) is 5.91 Å². The first-order valence-electron chi connectivity index (χ1n) is 6.69. The van der Waals surface area contributed by atoms with Crippen molar-refractivity contribution in [2.24, 2.45) is 5.92 Å². The molecule has 0 aliphatic heterocycles. The fourth-order valence-electron chi connectivity index (χ4n) is 1.70. The van der Waals surface area contributed by atoms with E-state index in [2.05, 4.69) is 17.2 Å². The molecule has 0 fully saturated rings. The summed E-state index contributed by atoms with van der Waals surface area (Å²) in [6.07, 6.45) is 0.936. The highest BCUT2D eigenvalue weighted by Crippen LogP contribution is 2.12. The standard InChI is InChI=1S/C16H20FNO2/c1-4-11(2)12(3)18-16(20)14-10-13(6-5-9-19)7-8-15(14)17/h7-8,10-12,19H,4,9H2,1-3H3,(H,18,20). The first-order chi connectivity index (χ1) is 9.49. The molecule has 2 unspecified atom stereocenters. The van der Waals surface area contributed by atoms with E-state index in [4.69, 9.17) is 5.11 Å². The quantitative estimate of drug-likeness (QED) is 0.830. The molecular formula is C16H20FNO2. The zero-order valence-electron chi connectivity index (χ0n) is 12.0. The third-order valence-electron chi connectivity index (χ3n) is 3.38. The van der Waals surface area contributed by atoms with Crippen LogP contribution in [0.3, 0.4) is 0 Å². The molecular weight excluding hydrogens is 257 g/mol. The molecule has 0 aromatic heterocycles. The maximum Gasteiger partial charge on any atom is 0.254 e. The first-order valence-corrected chi connectivity index (χ1v) is 6.69. The Morgan fingerprint density at radius 3 is 2.75 bits per heavy atom. The minimum atomic E-state index is -0.576. The Bertz CT molecular complexity index is 531. The second-order valence-electron chi connectivity index (χ2n) is 4.80. The second-order valence-corrected chi connectivity index (χ2v) is 4.80. The Labute approximate surface area is 119 Å². The van der Waals surface area contributed by atoms with Gasteiger partial charge in [0.1, 0.15) is 12.4 Å². The molecule has 20 heavy (non-hydrogen) atoms. The smallest absolute Gasteiger partial charge is 0.254 e. The Hall–Kier alpha value is -1.86. The monoisotopic (exact) mass is 277 g/mol. The van der Waals surface area contributed by atoms with Crippen LogP contribution in [0.25, 0.3) is 0 Å². The lowest BCUT2D eigenvalue weighted by Gasteiger charge is -2.20. The van der Waals surface area contributed by atoms with E-state index in [0.29, 0.717) is 11.5 Å². The molecule has 0 radical (unpaired) electrons. The normalized spacial score (nSPS) is 13.1. The minimum Gasteiger partial charge on any atom is -0.384 e. The maximum absolute atomic E-state index is 13.7. The predicted octanol–water partition coefficient (Wildman–Crippen LogP) is 2.33. The van der Waals surface area contributed by atoms with E-state index in [1.807, 2.05) is 20.8 Å². The number of aliphatic hydroxyl groups excluding tert-OH is 1. The van der Waals surface area contributed by atoms with Crippen LogP contribution >= 0.6 is 0 Å². The van der Waals surface area contributed by atoms with Crippen molar-refractivity contribution in [3.8, 4) is 11.8 Å². The second kappa shape index (κ2) is 7.66. The van der Waals surface area contributed by atoms with Crippen LogP contribution in [0, 0.1) is 23.6 Å². The number of halogens is 1. The number of amides is 1. The predicted molar refractivity (Wildman–Crippen MR) is 76.7 cm³/mol. The fraction of sp³-hybridized carbons (Fsp3) is 0.438. The molecule has 108 valence electrons. The molecule has 0 spiro atoms. The van der Waals surface area contributed by atoms with Gasteiger partial charge in [-0.2, -0.15) is 0 Å². The van der Waals surface area contributed by atoms with Crippen LogP contribution in [0.2, 0.25) is 0 Å². The molecule has 0 saturated carbocycles. The van der Waals surface area contributed by atoms with Gasteiger partial charge in [0.05, 0.1) is 5.56 Å². The summed E-state index contributed by atoms with van der Waals surface area (Å²) in [5.74, 6) is 4.43. The van der Waals surface area contributed by atoms with Crippen molar-refractivity contribution in [2.45, 2.75) is 33.2 Å². The molecule has 1 amide bonds. The van der Waals surface area contributed by atoms with E-state index >= 15 is 0 Å². The van der Waals surface area contributed by atoms with Crippen molar-refractivity contribution >= 4 is 5.91 Å². The highest BCUT2D eigenvalue weighted by molar-refractivity contribution is 5.95. The Balaban J connectivity index is 2.92. The van der Waals surface area contributed by atoms with Crippen molar-refractivity contribution in [3.63, 3.8) is 0 Å². The zero-order valence-corrected chi connectivity index (χ0v) is 12.0. The average molecular weight is 277 g/mol. The molecule has 0 bridgehead atoms. The van der Waals surface area contributed by atoms with Gasteiger partial charge in [0.2, 0.25) is 0 Å². The molecule has 0 heterocycles. The molecule has 4 heteroatoms. The minimum absolute atomic E-state index is 0.0232. The molecule has 2 N–H and O–H groups in total. The van der Waals surface area contributed by atoms with E-state index in [1.54, 1.807) is 0 Å². The van der Waals surface area contributed by atoms with Crippen molar-refractivity contribution < 1.29 is 14.3 Å².